The topological polar surface area (TPSA) is 50.9 Å². The van der Waals surface area contributed by atoms with Crippen LogP contribution in [0.2, 0.25) is 5.02 Å². The number of halogens is 2. The lowest BCUT2D eigenvalue weighted by Gasteiger charge is -2.07. The monoisotopic (exact) mass is 255 g/mol. The molecule has 0 saturated carbocycles. The van der Waals surface area contributed by atoms with Crippen LogP contribution in [0.3, 0.4) is 0 Å². The van der Waals surface area contributed by atoms with Crippen LogP contribution in [-0.2, 0) is 13.2 Å². The Kier molecular flexibility index (Phi) is 3.40. The van der Waals surface area contributed by atoms with Gasteiger partial charge in [-0.05, 0) is 25.1 Å². The van der Waals surface area contributed by atoms with Gasteiger partial charge >= 0.3 is 0 Å². The van der Waals surface area contributed by atoms with Gasteiger partial charge in [-0.2, -0.15) is 0 Å². The van der Waals surface area contributed by atoms with Crippen molar-refractivity contribution in [3.8, 4) is 11.4 Å². The maximum atomic E-state index is 12.9. The maximum Gasteiger partial charge on any atom is 0.165 e. The summed E-state index contributed by atoms with van der Waals surface area (Å²) in [4.78, 5) is 0. The second-order valence-electron chi connectivity index (χ2n) is 3.47. The molecule has 17 heavy (non-hydrogen) atoms. The molecular formula is C11H11ClFN3O. The fourth-order valence-electron chi connectivity index (χ4n) is 1.65. The van der Waals surface area contributed by atoms with Crippen molar-refractivity contribution in [2.75, 3.05) is 0 Å². The Balaban J connectivity index is 2.56. The molecular weight excluding hydrogens is 245 g/mol. The Bertz CT molecular complexity index is 542. The van der Waals surface area contributed by atoms with Gasteiger partial charge in [-0.15, -0.1) is 10.2 Å². The summed E-state index contributed by atoms with van der Waals surface area (Å²) < 4.78 is 14.7. The minimum absolute atomic E-state index is 0.195. The summed E-state index contributed by atoms with van der Waals surface area (Å²) in [6, 6.07) is 4.09. The maximum absolute atomic E-state index is 12.9. The molecule has 90 valence electrons. The first-order valence-electron chi connectivity index (χ1n) is 5.15. The Hall–Kier alpha value is -1.46. The summed E-state index contributed by atoms with van der Waals surface area (Å²) in [5.41, 5.74) is 0.599. The molecule has 0 fully saturated rings. The molecule has 1 heterocycles. The Morgan fingerprint density at radius 1 is 1.41 bits per heavy atom. The van der Waals surface area contributed by atoms with E-state index in [9.17, 15) is 4.39 Å². The Morgan fingerprint density at radius 2 is 2.18 bits per heavy atom. The SMILES string of the molecule is CCn1c(CO)nnc1-c1ccc(F)cc1Cl. The molecule has 0 amide bonds. The summed E-state index contributed by atoms with van der Waals surface area (Å²) >= 11 is 5.96. The lowest BCUT2D eigenvalue weighted by molar-refractivity contribution is 0.265. The molecule has 0 aliphatic heterocycles. The van der Waals surface area contributed by atoms with E-state index in [1.54, 1.807) is 10.6 Å². The minimum atomic E-state index is -0.399. The molecule has 0 unspecified atom stereocenters. The van der Waals surface area contributed by atoms with Crippen LogP contribution in [0.15, 0.2) is 18.2 Å². The molecule has 4 nitrogen and oxygen atoms in total. The highest BCUT2D eigenvalue weighted by Crippen LogP contribution is 2.27. The van der Waals surface area contributed by atoms with E-state index >= 15 is 0 Å². The summed E-state index contributed by atoms with van der Waals surface area (Å²) in [6.07, 6.45) is 0. The number of rotatable bonds is 3. The normalized spacial score (nSPS) is 10.8. The van der Waals surface area contributed by atoms with E-state index in [2.05, 4.69) is 10.2 Å². The van der Waals surface area contributed by atoms with Crippen molar-refractivity contribution in [3.63, 3.8) is 0 Å². The van der Waals surface area contributed by atoms with Gasteiger partial charge in [0.2, 0.25) is 0 Å². The lowest BCUT2D eigenvalue weighted by Crippen LogP contribution is -2.03. The second kappa shape index (κ2) is 4.81. The third-order valence-corrected chi connectivity index (χ3v) is 2.77. The quantitative estimate of drug-likeness (QED) is 0.915. The first-order valence-corrected chi connectivity index (χ1v) is 5.53. The molecule has 1 N–H and O–H groups in total. The van der Waals surface area contributed by atoms with Gasteiger partial charge in [-0.3, -0.25) is 0 Å². The van der Waals surface area contributed by atoms with Gasteiger partial charge in [0.15, 0.2) is 11.6 Å². The number of hydrogen-bond acceptors (Lipinski definition) is 3. The highest BCUT2D eigenvalue weighted by atomic mass is 35.5. The highest BCUT2D eigenvalue weighted by molar-refractivity contribution is 6.33. The molecule has 0 radical (unpaired) electrons. The number of aliphatic hydroxyl groups is 1. The Labute approximate surface area is 103 Å². The van der Waals surface area contributed by atoms with Crippen molar-refractivity contribution in [1.29, 1.82) is 0 Å². The van der Waals surface area contributed by atoms with Gasteiger partial charge in [0.05, 0.1) is 5.02 Å². The van der Waals surface area contributed by atoms with Crippen LogP contribution < -0.4 is 0 Å². The molecule has 0 aliphatic rings. The van der Waals surface area contributed by atoms with Crippen LogP contribution in [0.5, 0.6) is 0 Å². The van der Waals surface area contributed by atoms with E-state index in [1.807, 2.05) is 6.92 Å². The number of benzene rings is 1. The predicted molar refractivity (Wildman–Crippen MR) is 62.0 cm³/mol. The molecule has 2 aromatic rings. The summed E-state index contributed by atoms with van der Waals surface area (Å²) in [6.45, 7) is 2.31. The predicted octanol–water partition coefficient (Wildman–Crippen LogP) is 2.25. The largest absolute Gasteiger partial charge is 0.388 e. The van der Waals surface area contributed by atoms with Gasteiger partial charge in [0.25, 0.3) is 0 Å². The number of hydrogen-bond donors (Lipinski definition) is 1. The molecule has 0 saturated heterocycles. The summed E-state index contributed by atoms with van der Waals surface area (Å²) in [7, 11) is 0. The van der Waals surface area contributed by atoms with E-state index in [4.69, 9.17) is 16.7 Å². The van der Waals surface area contributed by atoms with Gasteiger partial charge < -0.3 is 9.67 Å². The lowest BCUT2D eigenvalue weighted by atomic mass is 10.2. The van der Waals surface area contributed by atoms with Crippen molar-refractivity contribution in [2.24, 2.45) is 0 Å². The van der Waals surface area contributed by atoms with Crippen LogP contribution >= 0.6 is 11.6 Å². The fourth-order valence-corrected chi connectivity index (χ4v) is 1.91. The molecule has 2 rings (SSSR count). The van der Waals surface area contributed by atoms with Gasteiger partial charge in [0.1, 0.15) is 12.4 Å². The number of aliphatic hydroxyl groups excluding tert-OH is 1. The number of nitrogens with zero attached hydrogens (tertiary/aromatic N) is 3. The van der Waals surface area contributed by atoms with Crippen LogP contribution in [0.1, 0.15) is 12.7 Å². The molecule has 1 aromatic heterocycles. The van der Waals surface area contributed by atoms with Gasteiger partial charge in [-0.25, -0.2) is 4.39 Å². The van der Waals surface area contributed by atoms with Crippen molar-refractivity contribution in [3.05, 3.63) is 34.9 Å². The van der Waals surface area contributed by atoms with E-state index in [0.717, 1.165) is 0 Å². The minimum Gasteiger partial charge on any atom is -0.388 e. The first-order chi connectivity index (χ1) is 8.17. The fraction of sp³-hybridized carbons (Fsp3) is 0.273. The first kappa shape index (κ1) is 12.0. The molecule has 0 aliphatic carbocycles. The summed E-state index contributed by atoms with van der Waals surface area (Å²) in [5.74, 6) is 0.591. The van der Waals surface area contributed by atoms with Crippen molar-refractivity contribution in [1.82, 2.24) is 14.8 Å². The summed E-state index contributed by atoms with van der Waals surface area (Å²) in [5, 5.41) is 17.2. The molecule has 1 aromatic carbocycles. The zero-order valence-corrected chi connectivity index (χ0v) is 9.95. The highest BCUT2D eigenvalue weighted by Gasteiger charge is 2.14. The van der Waals surface area contributed by atoms with Gasteiger partial charge in [0, 0.05) is 12.1 Å². The van der Waals surface area contributed by atoms with E-state index < -0.39 is 5.82 Å². The van der Waals surface area contributed by atoms with Crippen LogP contribution in [0, 0.1) is 5.82 Å². The molecule has 0 atom stereocenters. The Morgan fingerprint density at radius 3 is 2.76 bits per heavy atom. The second-order valence-corrected chi connectivity index (χ2v) is 3.87. The van der Waals surface area contributed by atoms with Crippen molar-refractivity contribution < 1.29 is 9.50 Å². The average Bonchev–Trinajstić information content (AvgIpc) is 2.71. The zero-order chi connectivity index (χ0) is 12.4. The van der Waals surface area contributed by atoms with Crippen molar-refractivity contribution in [2.45, 2.75) is 20.1 Å². The zero-order valence-electron chi connectivity index (χ0n) is 9.19. The standard InChI is InChI=1S/C11H11ClFN3O/c1-2-16-10(6-17)14-15-11(16)8-4-3-7(13)5-9(8)12/h3-5,17H,2,6H2,1H3. The molecule has 6 heteroatoms. The third-order valence-electron chi connectivity index (χ3n) is 2.46. The van der Waals surface area contributed by atoms with Crippen LogP contribution in [0.25, 0.3) is 11.4 Å². The third kappa shape index (κ3) is 2.16. The van der Waals surface area contributed by atoms with Crippen molar-refractivity contribution >= 4 is 11.6 Å². The van der Waals surface area contributed by atoms with Gasteiger partial charge in [-0.1, -0.05) is 11.6 Å². The molecule has 0 spiro atoms. The average molecular weight is 256 g/mol. The smallest absolute Gasteiger partial charge is 0.165 e. The van der Waals surface area contributed by atoms with Crippen LogP contribution in [0.4, 0.5) is 4.39 Å². The van der Waals surface area contributed by atoms with E-state index in [-0.39, 0.29) is 11.6 Å². The van der Waals surface area contributed by atoms with Crippen LogP contribution in [-0.4, -0.2) is 19.9 Å². The van der Waals surface area contributed by atoms with E-state index in [1.165, 1.54) is 12.1 Å². The number of aromatic nitrogens is 3. The molecule has 0 bridgehead atoms. The van der Waals surface area contributed by atoms with E-state index in [0.29, 0.717) is 23.8 Å².